The molecule has 0 radical (unpaired) electrons. The number of oxazole rings is 1. The lowest BCUT2D eigenvalue weighted by atomic mass is 10.4. The molecule has 1 aliphatic heterocycles. The molecule has 3 nitrogen and oxygen atoms in total. The summed E-state index contributed by atoms with van der Waals surface area (Å²) in [6, 6.07) is 4.15. The molecular formula is C10H10N2OS. The first-order valence-corrected chi connectivity index (χ1v) is 5.41. The predicted octanol–water partition coefficient (Wildman–Crippen LogP) is 2.31. The Labute approximate surface area is 85.8 Å². The van der Waals surface area contributed by atoms with E-state index in [2.05, 4.69) is 29.4 Å². The first-order valence-electron chi connectivity index (χ1n) is 4.59. The quantitative estimate of drug-likeness (QED) is 0.778. The van der Waals surface area contributed by atoms with Crippen LogP contribution in [0.3, 0.4) is 0 Å². The third-order valence-electron chi connectivity index (χ3n) is 2.31. The number of nitrogens with one attached hydrogen (secondary N) is 1. The maximum Gasteiger partial charge on any atom is 0.236 e. The minimum absolute atomic E-state index is 0.773. The molecule has 0 aliphatic carbocycles. The smallest absolute Gasteiger partial charge is 0.236 e. The Morgan fingerprint density at radius 1 is 1.43 bits per heavy atom. The van der Waals surface area contributed by atoms with Gasteiger partial charge >= 0.3 is 0 Å². The minimum Gasteiger partial charge on any atom is -0.439 e. The highest BCUT2D eigenvalue weighted by molar-refractivity contribution is 7.15. The Morgan fingerprint density at radius 2 is 2.36 bits per heavy atom. The van der Waals surface area contributed by atoms with Crippen LogP contribution < -0.4 is 5.32 Å². The Kier molecular flexibility index (Phi) is 1.72. The molecule has 2 aromatic rings. The van der Waals surface area contributed by atoms with Crippen molar-refractivity contribution in [3.8, 4) is 10.8 Å². The van der Waals surface area contributed by atoms with Gasteiger partial charge in [0, 0.05) is 11.4 Å². The molecule has 4 heteroatoms. The molecule has 1 N–H and O–H groups in total. The SMILES string of the molecule is Cc1ccc(-c2nc3c(o2)CNC3)s1. The summed E-state index contributed by atoms with van der Waals surface area (Å²) in [5.74, 6) is 1.76. The first kappa shape index (κ1) is 8.20. The third-order valence-corrected chi connectivity index (χ3v) is 3.30. The van der Waals surface area contributed by atoms with Crippen molar-refractivity contribution in [2.75, 3.05) is 0 Å². The van der Waals surface area contributed by atoms with Gasteiger partial charge in [-0.1, -0.05) is 0 Å². The molecule has 0 atom stereocenters. The van der Waals surface area contributed by atoms with Crippen molar-refractivity contribution in [3.05, 3.63) is 28.5 Å². The lowest BCUT2D eigenvalue weighted by Gasteiger charge is -1.90. The molecule has 0 unspecified atom stereocenters. The van der Waals surface area contributed by atoms with E-state index >= 15 is 0 Å². The van der Waals surface area contributed by atoms with E-state index in [4.69, 9.17) is 4.42 Å². The zero-order chi connectivity index (χ0) is 9.54. The fourth-order valence-corrected chi connectivity index (χ4v) is 2.40. The topological polar surface area (TPSA) is 38.1 Å². The second kappa shape index (κ2) is 2.93. The standard InChI is InChI=1S/C10H10N2OS/c1-6-2-3-9(14-6)10-12-7-4-11-5-8(7)13-10/h2-3,11H,4-5H2,1H3. The number of nitrogens with zero attached hydrogens (tertiary/aromatic N) is 1. The zero-order valence-corrected chi connectivity index (χ0v) is 8.65. The van der Waals surface area contributed by atoms with Crippen molar-refractivity contribution >= 4 is 11.3 Å². The molecule has 14 heavy (non-hydrogen) atoms. The van der Waals surface area contributed by atoms with E-state index in [1.165, 1.54) is 4.88 Å². The number of rotatable bonds is 1. The van der Waals surface area contributed by atoms with E-state index in [-0.39, 0.29) is 0 Å². The lowest BCUT2D eigenvalue weighted by molar-refractivity contribution is 0.512. The van der Waals surface area contributed by atoms with Gasteiger partial charge in [-0.15, -0.1) is 11.3 Å². The van der Waals surface area contributed by atoms with Crippen molar-refractivity contribution < 1.29 is 4.42 Å². The maximum absolute atomic E-state index is 5.66. The monoisotopic (exact) mass is 206 g/mol. The highest BCUT2D eigenvalue weighted by Gasteiger charge is 2.19. The number of hydrogen-bond donors (Lipinski definition) is 1. The normalized spacial score (nSPS) is 14.6. The third kappa shape index (κ3) is 1.19. The molecule has 0 saturated heterocycles. The van der Waals surface area contributed by atoms with Crippen molar-refractivity contribution in [1.29, 1.82) is 0 Å². The van der Waals surface area contributed by atoms with Crippen molar-refractivity contribution in [2.24, 2.45) is 0 Å². The summed E-state index contributed by atoms with van der Waals surface area (Å²) in [6.45, 7) is 3.74. The summed E-state index contributed by atoms with van der Waals surface area (Å²) in [7, 11) is 0. The average Bonchev–Trinajstić information content (AvgIpc) is 2.75. The molecule has 0 fully saturated rings. The number of aryl methyl sites for hydroxylation is 1. The van der Waals surface area contributed by atoms with Gasteiger partial charge in [0.25, 0.3) is 0 Å². The molecular weight excluding hydrogens is 196 g/mol. The second-order valence-corrected chi connectivity index (χ2v) is 4.69. The number of hydrogen-bond acceptors (Lipinski definition) is 4. The van der Waals surface area contributed by atoms with Gasteiger partial charge in [0.15, 0.2) is 0 Å². The van der Waals surface area contributed by atoms with Crippen LogP contribution in [0.4, 0.5) is 0 Å². The van der Waals surface area contributed by atoms with Crippen LogP contribution in [0.25, 0.3) is 10.8 Å². The summed E-state index contributed by atoms with van der Waals surface area (Å²) in [4.78, 5) is 6.87. The van der Waals surface area contributed by atoms with Gasteiger partial charge in [-0.3, -0.25) is 0 Å². The van der Waals surface area contributed by atoms with Crippen molar-refractivity contribution in [2.45, 2.75) is 20.0 Å². The minimum atomic E-state index is 0.773. The summed E-state index contributed by atoms with van der Waals surface area (Å²) in [5.41, 5.74) is 1.06. The van der Waals surface area contributed by atoms with E-state index in [0.29, 0.717) is 0 Å². The van der Waals surface area contributed by atoms with Crippen LogP contribution in [0, 0.1) is 6.92 Å². The Hall–Kier alpha value is -1.13. The van der Waals surface area contributed by atoms with E-state index in [9.17, 15) is 0 Å². The maximum atomic E-state index is 5.66. The molecule has 1 aliphatic rings. The molecule has 2 aromatic heterocycles. The van der Waals surface area contributed by atoms with E-state index in [1.807, 2.05) is 0 Å². The van der Waals surface area contributed by atoms with Gasteiger partial charge in [-0.05, 0) is 19.1 Å². The second-order valence-electron chi connectivity index (χ2n) is 3.40. The van der Waals surface area contributed by atoms with E-state index in [0.717, 1.165) is 35.3 Å². The highest BCUT2D eigenvalue weighted by Crippen LogP contribution is 2.29. The molecule has 3 rings (SSSR count). The molecule has 72 valence electrons. The van der Waals surface area contributed by atoms with Gasteiger partial charge in [0.05, 0.1) is 17.1 Å². The van der Waals surface area contributed by atoms with Gasteiger partial charge in [-0.2, -0.15) is 0 Å². The summed E-state index contributed by atoms with van der Waals surface area (Å²) in [6.07, 6.45) is 0. The molecule has 0 amide bonds. The Morgan fingerprint density at radius 3 is 3.07 bits per heavy atom. The van der Waals surface area contributed by atoms with E-state index < -0.39 is 0 Å². The van der Waals surface area contributed by atoms with Gasteiger partial charge in [0.2, 0.25) is 5.89 Å². The van der Waals surface area contributed by atoms with Crippen molar-refractivity contribution in [3.63, 3.8) is 0 Å². The predicted molar refractivity (Wildman–Crippen MR) is 55.1 cm³/mol. The Balaban J connectivity index is 2.05. The summed E-state index contributed by atoms with van der Waals surface area (Å²) < 4.78 is 5.66. The van der Waals surface area contributed by atoms with Crippen LogP contribution >= 0.6 is 11.3 Å². The molecule has 0 bridgehead atoms. The van der Waals surface area contributed by atoms with Crippen LogP contribution in [0.1, 0.15) is 16.3 Å². The zero-order valence-electron chi connectivity index (χ0n) is 7.83. The number of aromatic nitrogens is 1. The van der Waals surface area contributed by atoms with E-state index in [1.54, 1.807) is 11.3 Å². The number of thiophene rings is 1. The fourth-order valence-electron chi connectivity index (χ4n) is 1.61. The molecule has 0 spiro atoms. The van der Waals surface area contributed by atoms with Crippen LogP contribution in [0.15, 0.2) is 16.5 Å². The first-order chi connectivity index (χ1) is 6.83. The summed E-state index contributed by atoms with van der Waals surface area (Å²) in [5, 5.41) is 3.20. The molecule has 0 aromatic carbocycles. The Bertz CT molecular complexity index is 451. The van der Waals surface area contributed by atoms with Crippen molar-refractivity contribution in [1.82, 2.24) is 10.3 Å². The van der Waals surface area contributed by atoms with Crippen LogP contribution in [0.5, 0.6) is 0 Å². The largest absolute Gasteiger partial charge is 0.439 e. The van der Waals surface area contributed by atoms with Crippen LogP contribution in [-0.2, 0) is 13.1 Å². The molecule has 0 saturated carbocycles. The van der Waals surface area contributed by atoms with Crippen LogP contribution in [0.2, 0.25) is 0 Å². The van der Waals surface area contributed by atoms with Gasteiger partial charge in [-0.25, -0.2) is 4.98 Å². The lowest BCUT2D eigenvalue weighted by Crippen LogP contribution is -2.01. The van der Waals surface area contributed by atoms with Gasteiger partial charge in [0.1, 0.15) is 5.76 Å². The summed E-state index contributed by atoms with van der Waals surface area (Å²) >= 11 is 1.72. The highest BCUT2D eigenvalue weighted by atomic mass is 32.1. The van der Waals surface area contributed by atoms with Gasteiger partial charge < -0.3 is 9.73 Å². The fraction of sp³-hybridized carbons (Fsp3) is 0.300. The van der Waals surface area contributed by atoms with Crippen LogP contribution in [-0.4, -0.2) is 4.98 Å². The number of fused-ring (bicyclic) bond motifs is 1. The average molecular weight is 206 g/mol. The molecule has 3 heterocycles.